The van der Waals surface area contributed by atoms with Gasteiger partial charge in [0.15, 0.2) is 11.0 Å². The third-order valence-corrected chi connectivity index (χ3v) is 4.96. The molecule has 1 aliphatic rings. The molecule has 0 saturated carbocycles. The van der Waals surface area contributed by atoms with E-state index in [1.807, 2.05) is 12.1 Å². The summed E-state index contributed by atoms with van der Waals surface area (Å²) in [6.45, 7) is 7.43. The van der Waals surface area contributed by atoms with Gasteiger partial charge < -0.3 is 4.90 Å². The highest BCUT2D eigenvalue weighted by Crippen LogP contribution is 2.22. The highest BCUT2D eigenvalue weighted by Gasteiger charge is 2.30. The Morgan fingerprint density at radius 1 is 1.04 bits per heavy atom. The molecule has 2 unspecified atom stereocenters. The van der Waals surface area contributed by atoms with Crippen LogP contribution in [0.25, 0.3) is 6.08 Å². The van der Waals surface area contributed by atoms with Crippen LogP contribution in [0.4, 0.5) is 5.82 Å². The Bertz CT molecular complexity index is 672. The summed E-state index contributed by atoms with van der Waals surface area (Å²) >= 11 is 5.84. The fourth-order valence-corrected chi connectivity index (χ4v) is 3.24. The van der Waals surface area contributed by atoms with Crippen molar-refractivity contribution in [3.8, 4) is 0 Å². The lowest BCUT2D eigenvalue weighted by molar-refractivity contribution is 0.175. The van der Waals surface area contributed by atoms with Gasteiger partial charge in [-0.1, -0.05) is 54.1 Å². The zero-order chi connectivity index (χ0) is 16.9. The van der Waals surface area contributed by atoms with Gasteiger partial charge in [-0.15, -0.1) is 10.2 Å². The molecule has 5 heteroatoms. The van der Waals surface area contributed by atoms with Gasteiger partial charge in [0.05, 0.1) is 0 Å². The summed E-state index contributed by atoms with van der Waals surface area (Å²) in [6.07, 6.45) is 4.44. The molecule has 2 atom stereocenters. The summed E-state index contributed by atoms with van der Waals surface area (Å²) < 4.78 is 0. The van der Waals surface area contributed by atoms with Gasteiger partial charge in [0.2, 0.25) is 0 Å². The number of piperazine rings is 1. The van der Waals surface area contributed by atoms with Crippen LogP contribution in [0.5, 0.6) is 0 Å². The highest BCUT2D eigenvalue weighted by atomic mass is 35.5. The van der Waals surface area contributed by atoms with Crippen LogP contribution in [0.2, 0.25) is 5.15 Å². The van der Waals surface area contributed by atoms with E-state index in [1.54, 1.807) is 6.07 Å². The molecule has 0 spiro atoms. The zero-order valence-corrected chi connectivity index (χ0v) is 14.9. The van der Waals surface area contributed by atoms with Crippen molar-refractivity contribution in [3.05, 3.63) is 59.3 Å². The number of nitrogens with zero attached hydrogens (tertiary/aromatic N) is 4. The van der Waals surface area contributed by atoms with Gasteiger partial charge in [-0.2, -0.15) is 0 Å². The largest absolute Gasteiger partial charge is 0.350 e. The van der Waals surface area contributed by atoms with E-state index in [-0.39, 0.29) is 0 Å². The molecule has 3 rings (SSSR count). The van der Waals surface area contributed by atoms with E-state index in [0.717, 1.165) is 25.5 Å². The highest BCUT2D eigenvalue weighted by molar-refractivity contribution is 6.29. The Kier molecular flexibility index (Phi) is 5.48. The minimum absolute atomic E-state index is 0.374. The van der Waals surface area contributed by atoms with Crippen molar-refractivity contribution in [2.75, 3.05) is 24.5 Å². The molecule has 1 saturated heterocycles. The predicted molar refractivity (Wildman–Crippen MR) is 100 cm³/mol. The molecule has 1 aromatic carbocycles. The second-order valence-corrected chi connectivity index (χ2v) is 6.58. The summed E-state index contributed by atoms with van der Waals surface area (Å²) in [6, 6.07) is 15.0. The van der Waals surface area contributed by atoms with Gasteiger partial charge in [0.25, 0.3) is 0 Å². The molecule has 0 N–H and O–H groups in total. The van der Waals surface area contributed by atoms with Crippen LogP contribution in [0, 0.1) is 0 Å². The van der Waals surface area contributed by atoms with Gasteiger partial charge in [0.1, 0.15) is 0 Å². The van der Waals surface area contributed by atoms with Crippen LogP contribution in [0.1, 0.15) is 19.4 Å². The predicted octanol–water partition coefficient (Wildman–Crippen LogP) is 3.74. The number of benzene rings is 1. The SMILES string of the molecule is CC1C(C)N(c2ccc(Cl)nn2)CCN1CC=Cc1ccccc1. The standard InChI is InChI=1S/C19H23ClN4/c1-15-16(2)24(19-11-10-18(20)21-22-19)14-13-23(15)12-6-9-17-7-4-3-5-8-17/h3-11,15-16H,12-14H2,1-2H3. The van der Waals surface area contributed by atoms with Crippen molar-refractivity contribution in [1.29, 1.82) is 0 Å². The number of rotatable bonds is 4. The Hall–Kier alpha value is -1.91. The second kappa shape index (κ2) is 7.77. The fraction of sp³-hybridized carbons (Fsp3) is 0.368. The van der Waals surface area contributed by atoms with Crippen molar-refractivity contribution < 1.29 is 0 Å². The molecular weight excluding hydrogens is 320 g/mol. The molecular formula is C19H23ClN4. The maximum absolute atomic E-state index is 5.84. The van der Waals surface area contributed by atoms with Crippen LogP contribution in [0.3, 0.4) is 0 Å². The molecule has 2 heterocycles. The zero-order valence-electron chi connectivity index (χ0n) is 14.1. The van der Waals surface area contributed by atoms with Crippen molar-refractivity contribution in [2.24, 2.45) is 0 Å². The molecule has 4 nitrogen and oxygen atoms in total. The van der Waals surface area contributed by atoms with Crippen molar-refractivity contribution >= 4 is 23.5 Å². The van der Waals surface area contributed by atoms with E-state index in [2.05, 4.69) is 70.3 Å². The van der Waals surface area contributed by atoms with E-state index in [4.69, 9.17) is 11.6 Å². The van der Waals surface area contributed by atoms with Crippen LogP contribution in [-0.2, 0) is 0 Å². The minimum Gasteiger partial charge on any atom is -0.350 e. The third-order valence-electron chi connectivity index (χ3n) is 4.76. The van der Waals surface area contributed by atoms with E-state index in [1.165, 1.54) is 5.56 Å². The Morgan fingerprint density at radius 3 is 2.54 bits per heavy atom. The lowest BCUT2D eigenvalue weighted by Crippen LogP contribution is -2.57. The molecule has 24 heavy (non-hydrogen) atoms. The van der Waals surface area contributed by atoms with E-state index in [9.17, 15) is 0 Å². The number of anilines is 1. The molecule has 1 aliphatic heterocycles. The molecule has 0 bridgehead atoms. The summed E-state index contributed by atoms with van der Waals surface area (Å²) in [4.78, 5) is 4.81. The van der Waals surface area contributed by atoms with Crippen LogP contribution in [0.15, 0.2) is 48.5 Å². The first kappa shape index (κ1) is 16.9. The van der Waals surface area contributed by atoms with Crippen LogP contribution in [-0.4, -0.2) is 46.8 Å². The van der Waals surface area contributed by atoms with Gasteiger partial charge in [-0.3, -0.25) is 4.90 Å². The van der Waals surface area contributed by atoms with Crippen molar-refractivity contribution in [3.63, 3.8) is 0 Å². The van der Waals surface area contributed by atoms with Gasteiger partial charge in [0, 0.05) is 31.7 Å². The summed E-state index contributed by atoms with van der Waals surface area (Å²) in [5, 5.41) is 8.62. The van der Waals surface area contributed by atoms with Crippen LogP contribution < -0.4 is 4.90 Å². The normalized spacial score (nSPS) is 22.2. The fourth-order valence-electron chi connectivity index (χ4n) is 3.14. The van der Waals surface area contributed by atoms with Crippen LogP contribution >= 0.6 is 11.6 Å². The number of hydrogen-bond donors (Lipinski definition) is 0. The number of halogens is 1. The lowest BCUT2D eigenvalue weighted by Gasteiger charge is -2.45. The molecule has 2 aromatic rings. The summed E-state index contributed by atoms with van der Waals surface area (Å²) in [5.41, 5.74) is 1.24. The van der Waals surface area contributed by atoms with E-state index >= 15 is 0 Å². The lowest BCUT2D eigenvalue weighted by atomic mass is 10.0. The Labute approximate surface area is 148 Å². The average Bonchev–Trinajstić information content (AvgIpc) is 2.61. The molecule has 0 aliphatic carbocycles. The Morgan fingerprint density at radius 2 is 1.83 bits per heavy atom. The average molecular weight is 343 g/mol. The first-order valence-corrected chi connectivity index (χ1v) is 8.74. The quantitative estimate of drug-likeness (QED) is 0.847. The first-order valence-electron chi connectivity index (χ1n) is 8.36. The monoisotopic (exact) mass is 342 g/mol. The molecule has 1 aromatic heterocycles. The van der Waals surface area contributed by atoms with E-state index in [0.29, 0.717) is 17.2 Å². The molecule has 1 fully saturated rings. The second-order valence-electron chi connectivity index (χ2n) is 6.20. The summed E-state index contributed by atoms with van der Waals surface area (Å²) in [7, 11) is 0. The topological polar surface area (TPSA) is 32.3 Å². The van der Waals surface area contributed by atoms with Crippen molar-refractivity contribution in [1.82, 2.24) is 15.1 Å². The Balaban J connectivity index is 1.61. The maximum atomic E-state index is 5.84. The minimum atomic E-state index is 0.374. The number of hydrogen-bond acceptors (Lipinski definition) is 4. The van der Waals surface area contributed by atoms with E-state index < -0.39 is 0 Å². The number of aromatic nitrogens is 2. The maximum Gasteiger partial charge on any atom is 0.151 e. The molecule has 0 radical (unpaired) electrons. The first-order chi connectivity index (χ1) is 11.6. The van der Waals surface area contributed by atoms with Gasteiger partial charge in [-0.05, 0) is 31.5 Å². The molecule has 126 valence electrons. The van der Waals surface area contributed by atoms with Crippen molar-refractivity contribution in [2.45, 2.75) is 25.9 Å². The molecule has 0 amide bonds. The smallest absolute Gasteiger partial charge is 0.151 e. The third kappa shape index (κ3) is 3.94. The van der Waals surface area contributed by atoms with Gasteiger partial charge in [-0.25, -0.2) is 0 Å². The summed E-state index contributed by atoms with van der Waals surface area (Å²) in [5.74, 6) is 0.901. The van der Waals surface area contributed by atoms with Gasteiger partial charge >= 0.3 is 0 Å².